The van der Waals surface area contributed by atoms with Crippen molar-refractivity contribution in [2.45, 2.75) is 16.3 Å². The summed E-state index contributed by atoms with van der Waals surface area (Å²) >= 11 is 0. The zero-order valence-corrected chi connectivity index (χ0v) is 18.1. The number of para-hydroxylation sites is 1. The molecule has 1 amide bonds. The van der Waals surface area contributed by atoms with Gasteiger partial charge in [-0.15, -0.1) is 0 Å². The van der Waals surface area contributed by atoms with Gasteiger partial charge in [0.05, 0.1) is 9.79 Å². The van der Waals surface area contributed by atoms with Crippen LogP contribution in [0.5, 0.6) is 0 Å². The first-order chi connectivity index (χ1) is 14.9. The van der Waals surface area contributed by atoms with E-state index in [2.05, 4.69) is 5.32 Å². The third kappa shape index (κ3) is 4.18. The van der Waals surface area contributed by atoms with Crippen molar-refractivity contribution in [2.24, 2.45) is 0 Å². The number of hydrogen-bond donors (Lipinski definition) is 1. The van der Waals surface area contributed by atoms with Crippen molar-refractivity contribution in [2.75, 3.05) is 24.3 Å². The summed E-state index contributed by atoms with van der Waals surface area (Å²) in [5, 5.41) is 3.47. The maximum absolute atomic E-state index is 13.2. The minimum atomic E-state index is -3.71. The number of carbonyl (C=O) groups is 1. The Morgan fingerprint density at radius 2 is 1.55 bits per heavy atom. The van der Waals surface area contributed by atoms with E-state index in [1.165, 1.54) is 0 Å². The van der Waals surface area contributed by atoms with Gasteiger partial charge in [0.25, 0.3) is 0 Å². The molecule has 1 heterocycles. The number of hydrogen-bond acceptors (Lipinski definition) is 4. The van der Waals surface area contributed by atoms with E-state index < -0.39 is 9.84 Å². The number of benzene rings is 3. The summed E-state index contributed by atoms with van der Waals surface area (Å²) in [4.78, 5) is 15.1. The molecule has 0 aliphatic carbocycles. The van der Waals surface area contributed by atoms with Crippen LogP contribution >= 0.6 is 0 Å². The first kappa shape index (κ1) is 20.7. The first-order valence-corrected chi connectivity index (χ1v) is 11.3. The molecule has 31 heavy (non-hydrogen) atoms. The van der Waals surface area contributed by atoms with E-state index in [0.29, 0.717) is 16.6 Å². The van der Waals surface area contributed by atoms with Crippen molar-refractivity contribution in [3.05, 3.63) is 85.1 Å². The predicted molar refractivity (Wildman–Crippen MR) is 123 cm³/mol. The Bertz CT molecular complexity index is 1330. The molecule has 0 fully saturated rings. The molecule has 0 unspecified atom stereocenters. The summed E-state index contributed by atoms with van der Waals surface area (Å²) in [6.07, 6.45) is 1.54. The quantitative estimate of drug-likeness (QED) is 0.495. The Balaban J connectivity index is 1.64. The fourth-order valence-electron chi connectivity index (χ4n) is 3.48. The molecule has 6 nitrogen and oxygen atoms in total. The van der Waals surface area contributed by atoms with Gasteiger partial charge in [-0.1, -0.05) is 36.4 Å². The van der Waals surface area contributed by atoms with Crippen LogP contribution in [0.2, 0.25) is 0 Å². The second-order valence-corrected chi connectivity index (χ2v) is 9.36. The summed E-state index contributed by atoms with van der Waals surface area (Å²) < 4.78 is 28.1. The molecular weight excluding hydrogens is 410 g/mol. The zero-order chi connectivity index (χ0) is 22.0. The van der Waals surface area contributed by atoms with Crippen LogP contribution in [0, 0.1) is 0 Å². The fourth-order valence-corrected chi connectivity index (χ4v) is 4.98. The predicted octanol–water partition coefficient (Wildman–Crippen LogP) is 4.18. The molecule has 4 aromatic rings. The third-order valence-electron chi connectivity index (χ3n) is 5.08. The van der Waals surface area contributed by atoms with Gasteiger partial charge in [-0.2, -0.15) is 0 Å². The van der Waals surface area contributed by atoms with Gasteiger partial charge in [0.1, 0.15) is 6.54 Å². The van der Waals surface area contributed by atoms with Gasteiger partial charge in [0, 0.05) is 42.6 Å². The molecular formula is C24H23N3O3S. The molecule has 3 aromatic carbocycles. The lowest BCUT2D eigenvalue weighted by atomic mass is 10.2. The largest absolute Gasteiger partial charge is 0.378 e. The maximum atomic E-state index is 13.2. The number of sulfone groups is 1. The Morgan fingerprint density at radius 1 is 0.903 bits per heavy atom. The molecule has 158 valence electrons. The number of aromatic nitrogens is 1. The molecule has 0 atom stereocenters. The molecule has 1 N–H and O–H groups in total. The van der Waals surface area contributed by atoms with Crippen LogP contribution in [0.1, 0.15) is 0 Å². The van der Waals surface area contributed by atoms with E-state index in [9.17, 15) is 13.2 Å². The van der Waals surface area contributed by atoms with Crippen LogP contribution in [0.25, 0.3) is 10.9 Å². The lowest BCUT2D eigenvalue weighted by Gasteiger charge is -2.13. The average Bonchev–Trinajstić information content (AvgIpc) is 3.14. The van der Waals surface area contributed by atoms with Crippen LogP contribution in [0.4, 0.5) is 11.4 Å². The second kappa shape index (κ2) is 8.28. The van der Waals surface area contributed by atoms with E-state index in [4.69, 9.17) is 0 Å². The van der Waals surface area contributed by atoms with Gasteiger partial charge in [-0.05, 0) is 42.5 Å². The first-order valence-electron chi connectivity index (χ1n) is 9.81. The average molecular weight is 434 g/mol. The number of amides is 1. The zero-order valence-electron chi connectivity index (χ0n) is 17.3. The summed E-state index contributed by atoms with van der Waals surface area (Å²) in [7, 11) is 0.191. The highest BCUT2D eigenvalue weighted by Gasteiger charge is 2.23. The maximum Gasteiger partial charge on any atom is 0.244 e. The molecule has 1 aromatic heterocycles. The highest BCUT2D eigenvalue weighted by atomic mass is 32.2. The SMILES string of the molecule is CN(C)c1ccc(NC(=O)Cn2cc(S(=O)(=O)c3ccccc3)c3ccccc32)cc1. The van der Waals surface area contributed by atoms with Gasteiger partial charge >= 0.3 is 0 Å². The topological polar surface area (TPSA) is 71.4 Å². The summed E-state index contributed by atoms with van der Waals surface area (Å²) in [5.74, 6) is -0.234. The Morgan fingerprint density at radius 3 is 2.23 bits per heavy atom. The van der Waals surface area contributed by atoms with Crippen LogP contribution in [0.3, 0.4) is 0 Å². The van der Waals surface area contributed by atoms with Gasteiger partial charge in [-0.25, -0.2) is 8.42 Å². The van der Waals surface area contributed by atoms with Crippen LogP contribution in [-0.2, 0) is 21.2 Å². The van der Waals surface area contributed by atoms with Crippen molar-refractivity contribution in [3.8, 4) is 0 Å². The standard InChI is InChI=1S/C24H23N3O3S/c1-26(2)19-14-12-18(13-15-19)25-24(28)17-27-16-23(21-10-6-7-11-22(21)27)31(29,30)20-8-4-3-5-9-20/h3-16H,17H2,1-2H3,(H,25,28). The van der Waals surface area contributed by atoms with Gasteiger partial charge in [0.15, 0.2) is 0 Å². The second-order valence-electron chi connectivity index (χ2n) is 7.44. The van der Waals surface area contributed by atoms with Crippen molar-refractivity contribution < 1.29 is 13.2 Å². The normalized spacial score (nSPS) is 11.4. The monoisotopic (exact) mass is 433 g/mol. The molecule has 0 aliphatic heterocycles. The molecule has 4 rings (SSSR count). The minimum Gasteiger partial charge on any atom is -0.378 e. The Kier molecular flexibility index (Phi) is 5.52. The van der Waals surface area contributed by atoms with E-state index in [1.54, 1.807) is 53.2 Å². The lowest BCUT2D eigenvalue weighted by Crippen LogP contribution is -2.18. The molecule has 0 saturated carbocycles. The van der Waals surface area contributed by atoms with Crippen molar-refractivity contribution in [1.29, 1.82) is 0 Å². The number of carbonyl (C=O) groups excluding carboxylic acids is 1. The number of anilines is 2. The van der Waals surface area contributed by atoms with Crippen molar-refractivity contribution in [1.82, 2.24) is 4.57 Å². The van der Waals surface area contributed by atoms with E-state index in [-0.39, 0.29) is 22.2 Å². The fraction of sp³-hybridized carbons (Fsp3) is 0.125. The number of nitrogens with zero attached hydrogens (tertiary/aromatic N) is 2. The van der Waals surface area contributed by atoms with E-state index in [0.717, 1.165) is 5.69 Å². The van der Waals surface area contributed by atoms with Crippen molar-refractivity contribution in [3.63, 3.8) is 0 Å². The Hall–Kier alpha value is -3.58. The molecule has 0 spiro atoms. The third-order valence-corrected chi connectivity index (χ3v) is 6.87. The highest BCUT2D eigenvalue weighted by molar-refractivity contribution is 7.91. The molecule has 0 aliphatic rings. The molecule has 7 heteroatoms. The van der Waals surface area contributed by atoms with Crippen LogP contribution < -0.4 is 10.2 Å². The summed E-state index contributed by atoms with van der Waals surface area (Å²) in [6.45, 7) is 0.000253. The molecule has 0 saturated heterocycles. The highest BCUT2D eigenvalue weighted by Crippen LogP contribution is 2.30. The smallest absolute Gasteiger partial charge is 0.244 e. The minimum absolute atomic E-state index is 0.000253. The van der Waals surface area contributed by atoms with Gasteiger partial charge in [0.2, 0.25) is 15.7 Å². The van der Waals surface area contributed by atoms with Gasteiger partial charge in [-0.3, -0.25) is 4.79 Å². The van der Waals surface area contributed by atoms with Gasteiger partial charge < -0.3 is 14.8 Å². The molecule has 0 radical (unpaired) electrons. The van der Waals surface area contributed by atoms with Crippen LogP contribution in [-0.4, -0.2) is 33.0 Å². The number of nitrogens with one attached hydrogen (secondary N) is 1. The lowest BCUT2D eigenvalue weighted by molar-refractivity contribution is -0.116. The summed E-state index contributed by atoms with van der Waals surface area (Å²) in [6, 6.07) is 23.0. The van der Waals surface area contributed by atoms with Crippen molar-refractivity contribution >= 4 is 38.0 Å². The Labute approximate surface area is 181 Å². The van der Waals surface area contributed by atoms with Crippen LogP contribution in [0.15, 0.2) is 94.9 Å². The molecule has 0 bridgehead atoms. The number of rotatable bonds is 6. The summed E-state index contributed by atoms with van der Waals surface area (Å²) in [5.41, 5.74) is 2.41. The van der Waals surface area contributed by atoms with E-state index >= 15 is 0 Å². The van der Waals surface area contributed by atoms with E-state index in [1.807, 2.05) is 55.4 Å². The number of fused-ring (bicyclic) bond motifs is 1.